The summed E-state index contributed by atoms with van der Waals surface area (Å²) in [4.78, 5) is 12.5. The third kappa shape index (κ3) is 2.62. The average molecular weight is 277 g/mol. The van der Waals surface area contributed by atoms with Crippen LogP contribution in [0.25, 0.3) is 10.9 Å². The Hall–Kier alpha value is -2.35. The van der Waals surface area contributed by atoms with Gasteiger partial charge in [-0.1, -0.05) is 35.4 Å². The molecule has 2 heteroatoms. The summed E-state index contributed by atoms with van der Waals surface area (Å²) in [5, 5.41) is 1.18. The van der Waals surface area contributed by atoms with Crippen molar-refractivity contribution in [2.24, 2.45) is 0 Å². The molecule has 0 atom stereocenters. The van der Waals surface area contributed by atoms with Crippen LogP contribution in [0.2, 0.25) is 0 Å². The molecule has 0 saturated carbocycles. The number of aryl methyl sites for hydroxylation is 3. The van der Waals surface area contributed by atoms with Crippen LogP contribution in [-0.4, -0.2) is 10.4 Å². The molecule has 106 valence electrons. The topological polar surface area (TPSA) is 22.0 Å². The molecule has 2 nitrogen and oxygen atoms in total. The second-order valence-electron chi connectivity index (χ2n) is 5.75. The zero-order chi connectivity index (χ0) is 15.0. The van der Waals surface area contributed by atoms with Gasteiger partial charge in [-0.05, 0) is 49.9 Å². The number of Topliss-reactive ketones (excluding diaryl/α,β-unsaturated/α-hetero) is 1. The molecule has 3 rings (SSSR count). The van der Waals surface area contributed by atoms with Crippen LogP contribution in [0.15, 0.2) is 48.7 Å². The summed E-state index contributed by atoms with van der Waals surface area (Å²) in [6.45, 7) is 6.51. The van der Waals surface area contributed by atoms with Crippen LogP contribution < -0.4 is 0 Å². The first kappa shape index (κ1) is 13.6. The largest absolute Gasteiger partial charge is 0.340 e. The first-order valence-electron chi connectivity index (χ1n) is 7.20. The van der Waals surface area contributed by atoms with Gasteiger partial charge in [0.25, 0.3) is 0 Å². The van der Waals surface area contributed by atoms with Crippen LogP contribution in [0.1, 0.15) is 27.0 Å². The summed E-state index contributed by atoms with van der Waals surface area (Å²) in [5.41, 5.74) is 5.40. The molecule has 0 amide bonds. The van der Waals surface area contributed by atoms with Gasteiger partial charge in [0.05, 0.1) is 6.54 Å². The standard InChI is InChI=1S/C19H19NO/c1-13-4-6-17(15(3)10-13)19(21)12-20-9-8-16-11-14(2)5-7-18(16)20/h4-11H,12H2,1-3H3. The number of nitrogens with zero attached hydrogens (tertiary/aromatic N) is 1. The summed E-state index contributed by atoms with van der Waals surface area (Å²) in [5.74, 6) is 0.158. The molecule has 3 aromatic rings. The van der Waals surface area contributed by atoms with E-state index < -0.39 is 0 Å². The Morgan fingerprint density at radius 3 is 2.43 bits per heavy atom. The third-order valence-electron chi connectivity index (χ3n) is 3.92. The molecule has 0 aliphatic rings. The van der Waals surface area contributed by atoms with E-state index in [0.717, 1.165) is 16.6 Å². The fourth-order valence-corrected chi connectivity index (χ4v) is 2.82. The lowest BCUT2D eigenvalue weighted by atomic mass is 10.0. The molecule has 0 radical (unpaired) electrons. The van der Waals surface area contributed by atoms with Gasteiger partial charge >= 0.3 is 0 Å². The smallest absolute Gasteiger partial charge is 0.182 e. The van der Waals surface area contributed by atoms with Crippen LogP contribution >= 0.6 is 0 Å². The number of carbonyl (C=O) groups excluding carboxylic acids is 1. The maximum atomic E-state index is 12.5. The number of ketones is 1. The fourth-order valence-electron chi connectivity index (χ4n) is 2.82. The molecule has 0 N–H and O–H groups in total. The lowest BCUT2D eigenvalue weighted by Crippen LogP contribution is -2.11. The van der Waals surface area contributed by atoms with Gasteiger partial charge in [0.2, 0.25) is 0 Å². The van der Waals surface area contributed by atoms with E-state index in [-0.39, 0.29) is 5.78 Å². The summed E-state index contributed by atoms with van der Waals surface area (Å²) < 4.78 is 2.02. The molecule has 0 fully saturated rings. The highest BCUT2D eigenvalue weighted by Gasteiger charge is 2.11. The van der Waals surface area contributed by atoms with Gasteiger partial charge < -0.3 is 4.57 Å². The molecule has 1 aromatic heterocycles. The van der Waals surface area contributed by atoms with Crippen molar-refractivity contribution in [3.63, 3.8) is 0 Å². The second kappa shape index (κ2) is 5.21. The molecule has 0 aliphatic heterocycles. The number of hydrogen-bond donors (Lipinski definition) is 0. The number of carbonyl (C=O) groups is 1. The Morgan fingerprint density at radius 1 is 0.952 bits per heavy atom. The normalized spacial score (nSPS) is 11.0. The number of fused-ring (bicyclic) bond motifs is 1. The van der Waals surface area contributed by atoms with Gasteiger partial charge in [0, 0.05) is 17.3 Å². The van der Waals surface area contributed by atoms with E-state index in [2.05, 4.69) is 37.3 Å². The molecule has 0 spiro atoms. The van der Waals surface area contributed by atoms with Crippen molar-refractivity contribution in [1.29, 1.82) is 0 Å². The zero-order valence-corrected chi connectivity index (χ0v) is 12.7. The van der Waals surface area contributed by atoms with E-state index in [0.29, 0.717) is 6.54 Å². The number of aromatic nitrogens is 1. The lowest BCUT2D eigenvalue weighted by molar-refractivity contribution is 0.0973. The molecule has 0 aliphatic carbocycles. The highest BCUT2D eigenvalue weighted by molar-refractivity contribution is 5.98. The molecule has 1 heterocycles. The van der Waals surface area contributed by atoms with E-state index in [4.69, 9.17) is 0 Å². The summed E-state index contributed by atoms with van der Waals surface area (Å²) in [6.07, 6.45) is 1.99. The molecule has 0 bridgehead atoms. The van der Waals surface area contributed by atoms with Crippen molar-refractivity contribution in [1.82, 2.24) is 4.57 Å². The minimum Gasteiger partial charge on any atom is -0.340 e. The van der Waals surface area contributed by atoms with Crippen molar-refractivity contribution >= 4 is 16.7 Å². The second-order valence-corrected chi connectivity index (χ2v) is 5.75. The maximum Gasteiger partial charge on any atom is 0.182 e. The highest BCUT2D eigenvalue weighted by Crippen LogP contribution is 2.19. The lowest BCUT2D eigenvalue weighted by Gasteiger charge is -2.08. The van der Waals surface area contributed by atoms with E-state index in [1.807, 2.05) is 36.7 Å². The summed E-state index contributed by atoms with van der Waals surface area (Å²) in [6, 6.07) is 14.4. The number of hydrogen-bond acceptors (Lipinski definition) is 1. The van der Waals surface area contributed by atoms with Gasteiger partial charge in [0.1, 0.15) is 0 Å². The monoisotopic (exact) mass is 277 g/mol. The predicted molar refractivity (Wildman–Crippen MR) is 86.9 cm³/mol. The zero-order valence-electron chi connectivity index (χ0n) is 12.7. The van der Waals surface area contributed by atoms with Crippen molar-refractivity contribution < 1.29 is 4.79 Å². The van der Waals surface area contributed by atoms with Crippen LogP contribution in [0.4, 0.5) is 0 Å². The van der Waals surface area contributed by atoms with Gasteiger partial charge in [-0.25, -0.2) is 0 Å². The Balaban J connectivity index is 1.93. The summed E-state index contributed by atoms with van der Waals surface area (Å²) >= 11 is 0. The highest BCUT2D eigenvalue weighted by atomic mass is 16.1. The Labute approximate surface area is 125 Å². The van der Waals surface area contributed by atoms with Crippen LogP contribution in [0.3, 0.4) is 0 Å². The van der Waals surface area contributed by atoms with Gasteiger partial charge in [-0.2, -0.15) is 0 Å². The van der Waals surface area contributed by atoms with Crippen LogP contribution in [0.5, 0.6) is 0 Å². The van der Waals surface area contributed by atoms with Gasteiger partial charge in [-0.3, -0.25) is 4.79 Å². The van der Waals surface area contributed by atoms with E-state index >= 15 is 0 Å². The van der Waals surface area contributed by atoms with Crippen molar-refractivity contribution in [3.05, 3.63) is 70.9 Å². The van der Waals surface area contributed by atoms with Crippen LogP contribution in [0, 0.1) is 20.8 Å². The molecular weight excluding hydrogens is 258 g/mol. The first-order chi connectivity index (χ1) is 10.0. The minimum absolute atomic E-state index is 0.158. The van der Waals surface area contributed by atoms with E-state index in [1.165, 1.54) is 16.5 Å². The van der Waals surface area contributed by atoms with Crippen molar-refractivity contribution in [3.8, 4) is 0 Å². The Bertz CT molecular complexity index is 827. The molecule has 2 aromatic carbocycles. The van der Waals surface area contributed by atoms with E-state index in [9.17, 15) is 4.79 Å². The number of benzene rings is 2. The van der Waals surface area contributed by atoms with Crippen LogP contribution in [-0.2, 0) is 6.54 Å². The molecular formula is C19H19NO. The maximum absolute atomic E-state index is 12.5. The fraction of sp³-hybridized carbons (Fsp3) is 0.211. The Kier molecular flexibility index (Phi) is 3.38. The van der Waals surface area contributed by atoms with E-state index in [1.54, 1.807) is 0 Å². The summed E-state index contributed by atoms with van der Waals surface area (Å²) in [7, 11) is 0. The average Bonchev–Trinajstić information content (AvgIpc) is 2.80. The first-order valence-corrected chi connectivity index (χ1v) is 7.20. The minimum atomic E-state index is 0.158. The van der Waals surface area contributed by atoms with Gasteiger partial charge in [-0.15, -0.1) is 0 Å². The van der Waals surface area contributed by atoms with Crippen molar-refractivity contribution in [2.75, 3.05) is 0 Å². The van der Waals surface area contributed by atoms with Crippen molar-refractivity contribution in [2.45, 2.75) is 27.3 Å². The molecule has 21 heavy (non-hydrogen) atoms. The third-order valence-corrected chi connectivity index (χ3v) is 3.92. The quantitative estimate of drug-likeness (QED) is 0.648. The SMILES string of the molecule is Cc1ccc(C(=O)Cn2ccc3cc(C)ccc32)c(C)c1. The number of rotatable bonds is 3. The van der Waals surface area contributed by atoms with Gasteiger partial charge in [0.15, 0.2) is 5.78 Å². The molecule has 0 unspecified atom stereocenters. The molecule has 0 saturated heterocycles. The predicted octanol–water partition coefficient (Wildman–Crippen LogP) is 4.45. The Morgan fingerprint density at radius 2 is 1.67 bits per heavy atom.